The lowest BCUT2D eigenvalue weighted by Gasteiger charge is -2.22. The third-order valence-corrected chi connectivity index (χ3v) is 6.86. The summed E-state index contributed by atoms with van der Waals surface area (Å²) in [5, 5.41) is 6.09. The standard InChI is InChI=1S/C21H27ClN4O3S/c1-17-19(21(22)24(2)23-17)15-25-10-6-11-26(13-12-25)20(27)16-30(28,29)14-9-18-7-4-3-5-8-18/h3-5,7-9,14H,6,10-13,15-16H2,1-2H3. The van der Waals surface area contributed by atoms with Crippen LogP contribution in [-0.2, 0) is 28.2 Å². The molecule has 1 aromatic heterocycles. The predicted octanol–water partition coefficient (Wildman–Crippen LogP) is 2.50. The normalized spacial score (nSPS) is 16.2. The maximum absolute atomic E-state index is 12.6. The molecule has 1 saturated heterocycles. The van der Waals surface area contributed by atoms with Crippen molar-refractivity contribution >= 4 is 33.4 Å². The molecule has 0 radical (unpaired) electrons. The maximum Gasteiger partial charge on any atom is 0.238 e. The first-order chi connectivity index (χ1) is 14.2. The minimum atomic E-state index is -3.62. The molecule has 0 bridgehead atoms. The zero-order valence-electron chi connectivity index (χ0n) is 17.3. The number of sulfone groups is 1. The lowest BCUT2D eigenvalue weighted by atomic mass is 10.2. The van der Waals surface area contributed by atoms with Crippen LogP contribution in [0.2, 0.25) is 5.15 Å². The fourth-order valence-electron chi connectivity index (χ4n) is 3.51. The number of carbonyl (C=O) groups is 1. The second kappa shape index (κ2) is 9.76. The highest BCUT2D eigenvalue weighted by Crippen LogP contribution is 2.21. The highest BCUT2D eigenvalue weighted by molar-refractivity contribution is 7.95. The molecule has 1 fully saturated rings. The van der Waals surface area contributed by atoms with E-state index in [1.165, 1.54) is 6.08 Å². The number of hydrogen-bond acceptors (Lipinski definition) is 5. The number of nitrogens with zero attached hydrogens (tertiary/aromatic N) is 4. The average molecular weight is 451 g/mol. The third-order valence-electron chi connectivity index (χ3n) is 5.18. The van der Waals surface area contributed by atoms with Crippen LogP contribution in [0, 0.1) is 6.92 Å². The summed E-state index contributed by atoms with van der Waals surface area (Å²) in [6.45, 7) is 5.12. The summed E-state index contributed by atoms with van der Waals surface area (Å²) < 4.78 is 26.4. The van der Waals surface area contributed by atoms with Gasteiger partial charge in [-0.2, -0.15) is 5.10 Å². The van der Waals surface area contributed by atoms with Crippen molar-refractivity contribution in [1.29, 1.82) is 0 Å². The molecule has 3 rings (SSSR count). The number of amides is 1. The second-order valence-corrected chi connectivity index (χ2v) is 9.75. The molecule has 1 amide bonds. The van der Waals surface area contributed by atoms with Gasteiger partial charge in [0.25, 0.3) is 0 Å². The topological polar surface area (TPSA) is 75.5 Å². The fourth-order valence-corrected chi connectivity index (χ4v) is 4.74. The summed E-state index contributed by atoms with van der Waals surface area (Å²) in [6.07, 6.45) is 2.30. The molecule has 162 valence electrons. The van der Waals surface area contributed by atoms with Gasteiger partial charge in [-0.15, -0.1) is 0 Å². The molecule has 0 unspecified atom stereocenters. The summed E-state index contributed by atoms with van der Waals surface area (Å²) >= 11 is 6.34. The Morgan fingerprint density at radius 2 is 1.90 bits per heavy atom. The Labute approximate surface area is 182 Å². The van der Waals surface area contributed by atoms with Gasteiger partial charge < -0.3 is 4.90 Å². The number of halogens is 1. The van der Waals surface area contributed by atoms with Crippen LogP contribution in [-0.4, -0.2) is 65.8 Å². The van der Waals surface area contributed by atoms with Gasteiger partial charge in [-0.3, -0.25) is 14.4 Å². The molecule has 0 saturated carbocycles. The van der Waals surface area contributed by atoms with Gasteiger partial charge in [0, 0.05) is 50.7 Å². The third kappa shape index (κ3) is 5.93. The number of benzene rings is 1. The molecule has 0 aliphatic carbocycles. The Balaban J connectivity index is 1.56. The Hall–Kier alpha value is -2.16. The van der Waals surface area contributed by atoms with Crippen molar-refractivity contribution in [1.82, 2.24) is 19.6 Å². The molecule has 30 heavy (non-hydrogen) atoms. The van der Waals surface area contributed by atoms with Crippen molar-refractivity contribution < 1.29 is 13.2 Å². The number of aryl methyl sites for hydroxylation is 2. The molecular formula is C21H27ClN4O3S. The molecule has 1 aromatic carbocycles. The van der Waals surface area contributed by atoms with Gasteiger partial charge in [0.1, 0.15) is 10.9 Å². The number of aromatic nitrogens is 2. The molecule has 0 spiro atoms. The predicted molar refractivity (Wildman–Crippen MR) is 119 cm³/mol. The van der Waals surface area contributed by atoms with Crippen molar-refractivity contribution in [3.63, 3.8) is 0 Å². The van der Waals surface area contributed by atoms with E-state index in [4.69, 9.17) is 11.6 Å². The quantitative estimate of drug-likeness (QED) is 0.675. The van der Waals surface area contributed by atoms with E-state index in [0.717, 1.165) is 35.2 Å². The van der Waals surface area contributed by atoms with Crippen molar-refractivity contribution in [3.8, 4) is 0 Å². The monoisotopic (exact) mass is 450 g/mol. The van der Waals surface area contributed by atoms with Gasteiger partial charge in [0.15, 0.2) is 9.84 Å². The Morgan fingerprint density at radius 3 is 2.57 bits per heavy atom. The highest BCUT2D eigenvalue weighted by atomic mass is 35.5. The van der Waals surface area contributed by atoms with Crippen molar-refractivity contribution in [2.24, 2.45) is 7.05 Å². The van der Waals surface area contributed by atoms with Crippen LogP contribution in [0.15, 0.2) is 35.7 Å². The Bertz CT molecular complexity index is 1020. The SMILES string of the molecule is Cc1nn(C)c(Cl)c1CN1CCCN(C(=O)CS(=O)(=O)C=Cc2ccccc2)CC1. The number of hydrogen-bond donors (Lipinski definition) is 0. The molecule has 1 aliphatic heterocycles. The second-order valence-electron chi connectivity index (χ2n) is 7.51. The Morgan fingerprint density at radius 1 is 1.17 bits per heavy atom. The van der Waals surface area contributed by atoms with E-state index >= 15 is 0 Å². The summed E-state index contributed by atoms with van der Waals surface area (Å²) in [5.74, 6) is -0.866. The van der Waals surface area contributed by atoms with E-state index in [0.29, 0.717) is 31.3 Å². The highest BCUT2D eigenvalue weighted by Gasteiger charge is 2.24. The van der Waals surface area contributed by atoms with Crippen LogP contribution >= 0.6 is 11.6 Å². The van der Waals surface area contributed by atoms with E-state index < -0.39 is 15.6 Å². The minimum absolute atomic E-state index is 0.356. The summed E-state index contributed by atoms with van der Waals surface area (Å²) in [5.41, 5.74) is 2.67. The zero-order valence-corrected chi connectivity index (χ0v) is 18.9. The molecule has 9 heteroatoms. The largest absolute Gasteiger partial charge is 0.340 e. The first-order valence-corrected chi connectivity index (χ1v) is 12.0. The number of rotatable bonds is 6. The molecule has 7 nitrogen and oxygen atoms in total. The van der Waals surface area contributed by atoms with Crippen LogP contribution in [0.5, 0.6) is 0 Å². The van der Waals surface area contributed by atoms with Crippen molar-refractivity contribution in [2.75, 3.05) is 31.9 Å². The Kier molecular flexibility index (Phi) is 7.33. The van der Waals surface area contributed by atoms with E-state index in [2.05, 4.69) is 10.00 Å². The van der Waals surface area contributed by atoms with Crippen LogP contribution in [0.4, 0.5) is 0 Å². The van der Waals surface area contributed by atoms with Gasteiger partial charge >= 0.3 is 0 Å². The van der Waals surface area contributed by atoms with E-state index in [1.54, 1.807) is 9.58 Å². The van der Waals surface area contributed by atoms with Crippen molar-refractivity contribution in [2.45, 2.75) is 19.9 Å². The lowest BCUT2D eigenvalue weighted by Crippen LogP contribution is -2.38. The minimum Gasteiger partial charge on any atom is -0.340 e. The molecule has 2 aromatic rings. The summed E-state index contributed by atoms with van der Waals surface area (Å²) in [4.78, 5) is 16.5. The zero-order chi connectivity index (χ0) is 21.7. The van der Waals surface area contributed by atoms with E-state index in [1.807, 2.05) is 44.3 Å². The van der Waals surface area contributed by atoms with E-state index in [-0.39, 0.29) is 5.91 Å². The van der Waals surface area contributed by atoms with Crippen LogP contribution in [0.3, 0.4) is 0 Å². The van der Waals surface area contributed by atoms with Gasteiger partial charge in [0.2, 0.25) is 5.91 Å². The smallest absolute Gasteiger partial charge is 0.238 e. The van der Waals surface area contributed by atoms with Gasteiger partial charge in [-0.1, -0.05) is 41.9 Å². The molecular weight excluding hydrogens is 424 g/mol. The van der Waals surface area contributed by atoms with Crippen molar-refractivity contribution in [3.05, 3.63) is 57.7 Å². The molecule has 0 N–H and O–H groups in total. The van der Waals surface area contributed by atoms with Gasteiger partial charge in [0.05, 0.1) is 5.69 Å². The van der Waals surface area contributed by atoms with Gasteiger partial charge in [-0.25, -0.2) is 8.42 Å². The molecule has 1 aliphatic rings. The average Bonchev–Trinajstić information content (AvgIpc) is 2.88. The molecule has 2 heterocycles. The van der Waals surface area contributed by atoms with Gasteiger partial charge in [-0.05, 0) is 25.0 Å². The maximum atomic E-state index is 12.6. The first-order valence-electron chi connectivity index (χ1n) is 9.89. The lowest BCUT2D eigenvalue weighted by molar-refractivity contribution is -0.128. The van der Waals surface area contributed by atoms with Crippen LogP contribution < -0.4 is 0 Å². The number of carbonyl (C=O) groups excluding carboxylic acids is 1. The summed E-state index contributed by atoms with van der Waals surface area (Å²) in [7, 11) is -1.81. The molecule has 0 atom stereocenters. The first kappa shape index (κ1) is 22.5. The summed E-state index contributed by atoms with van der Waals surface area (Å²) in [6, 6.07) is 9.16. The van der Waals surface area contributed by atoms with E-state index in [9.17, 15) is 13.2 Å². The van der Waals surface area contributed by atoms with Crippen LogP contribution in [0.1, 0.15) is 23.2 Å². The fraction of sp³-hybridized carbons (Fsp3) is 0.429. The van der Waals surface area contributed by atoms with Crippen LogP contribution in [0.25, 0.3) is 6.08 Å².